The summed E-state index contributed by atoms with van der Waals surface area (Å²) in [5.74, 6) is 1.85. The van der Waals surface area contributed by atoms with Gasteiger partial charge in [-0.15, -0.1) is 10.2 Å². The van der Waals surface area contributed by atoms with E-state index in [1.54, 1.807) is 11.8 Å². The second-order valence-electron chi connectivity index (χ2n) is 7.31. The van der Waals surface area contributed by atoms with Gasteiger partial charge < -0.3 is 8.98 Å². The van der Waals surface area contributed by atoms with Gasteiger partial charge in [0.05, 0.1) is 23.2 Å². The third-order valence-electron chi connectivity index (χ3n) is 5.12. The fourth-order valence-electron chi connectivity index (χ4n) is 3.58. The molecule has 0 atom stereocenters. The van der Waals surface area contributed by atoms with E-state index in [1.807, 2.05) is 30.3 Å². The minimum atomic E-state index is 0.594. The molecule has 0 amide bonds. The molecule has 0 aliphatic carbocycles. The summed E-state index contributed by atoms with van der Waals surface area (Å²) in [7, 11) is 0. The molecule has 6 heteroatoms. The first-order valence-corrected chi connectivity index (χ1v) is 11.3. The number of hydrogen-bond donors (Lipinski definition) is 0. The Morgan fingerprint density at radius 1 is 0.742 bits per heavy atom. The van der Waals surface area contributed by atoms with E-state index in [4.69, 9.17) is 9.40 Å². The van der Waals surface area contributed by atoms with Gasteiger partial charge in [-0.2, -0.15) is 0 Å². The molecule has 0 N–H and O–H groups in total. The third kappa shape index (κ3) is 4.70. The number of rotatable bonds is 8. The molecule has 3 aromatic carbocycles. The number of aromatic nitrogens is 4. The molecule has 0 spiro atoms. The van der Waals surface area contributed by atoms with Crippen LogP contribution in [0.3, 0.4) is 0 Å². The fourth-order valence-corrected chi connectivity index (χ4v) is 4.46. The molecule has 5 aromatic rings. The fraction of sp³-hybridized carbons (Fsp3) is 0.160. The Bertz CT molecular complexity index is 1260. The van der Waals surface area contributed by atoms with Gasteiger partial charge in [0.2, 0.25) is 11.8 Å². The van der Waals surface area contributed by atoms with Crippen LogP contribution in [0.25, 0.3) is 11.0 Å². The van der Waals surface area contributed by atoms with Crippen molar-refractivity contribution in [1.29, 1.82) is 0 Å². The van der Waals surface area contributed by atoms with Crippen molar-refractivity contribution in [2.75, 3.05) is 0 Å². The van der Waals surface area contributed by atoms with E-state index < -0.39 is 0 Å². The minimum absolute atomic E-state index is 0.594. The number of fused-ring (bicyclic) bond motifs is 1. The Morgan fingerprint density at radius 3 is 2.23 bits per heavy atom. The second kappa shape index (κ2) is 9.18. The molecule has 154 valence electrons. The maximum Gasteiger partial charge on any atom is 0.226 e. The van der Waals surface area contributed by atoms with E-state index in [0.717, 1.165) is 34.7 Å². The van der Waals surface area contributed by atoms with E-state index >= 15 is 0 Å². The molecule has 0 aliphatic rings. The van der Waals surface area contributed by atoms with Crippen molar-refractivity contribution < 1.29 is 4.42 Å². The number of thioether (sulfide) groups is 1. The predicted molar refractivity (Wildman–Crippen MR) is 123 cm³/mol. The van der Waals surface area contributed by atoms with Crippen molar-refractivity contribution in [1.82, 2.24) is 19.7 Å². The number of para-hydroxylation sites is 2. The Balaban J connectivity index is 1.31. The van der Waals surface area contributed by atoms with Gasteiger partial charge in [-0.1, -0.05) is 84.6 Å². The number of nitrogens with zero attached hydrogens (tertiary/aromatic N) is 4. The van der Waals surface area contributed by atoms with Crippen molar-refractivity contribution in [3.05, 3.63) is 108 Å². The average molecular weight is 427 g/mol. The lowest BCUT2D eigenvalue weighted by atomic mass is 10.1. The molecule has 0 saturated heterocycles. The number of aryl methyl sites for hydroxylation is 2. The van der Waals surface area contributed by atoms with Crippen LogP contribution in [-0.4, -0.2) is 19.7 Å². The van der Waals surface area contributed by atoms with E-state index in [1.165, 1.54) is 5.56 Å². The van der Waals surface area contributed by atoms with Crippen LogP contribution in [0.15, 0.2) is 94.5 Å². The largest absolute Gasteiger partial charge is 0.424 e. The maximum absolute atomic E-state index is 5.87. The lowest BCUT2D eigenvalue weighted by molar-refractivity contribution is 0.473. The first-order chi connectivity index (χ1) is 15.3. The first-order valence-electron chi connectivity index (χ1n) is 10.3. The summed E-state index contributed by atoms with van der Waals surface area (Å²) < 4.78 is 8.16. The van der Waals surface area contributed by atoms with Gasteiger partial charge in [-0.05, 0) is 29.7 Å². The first kappa shape index (κ1) is 19.6. The van der Waals surface area contributed by atoms with Gasteiger partial charge in [0.15, 0.2) is 5.16 Å². The summed E-state index contributed by atoms with van der Waals surface area (Å²) in [6.07, 6.45) is 1.60. The summed E-state index contributed by atoms with van der Waals surface area (Å²) in [6.45, 7) is 0.871. The molecule has 2 aromatic heterocycles. The Kier molecular flexibility index (Phi) is 5.80. The van der Waals surface area contributed by atoms with Gasteiger partial charge in [0.25, 0.3) is 0 Å². The molecule has 0 radical (unpaired) electrons. The third-order valence-corrected chi connectivity index (χ3v) is 6.08. The molecular formula is C25H22N4OS. The topological polar surface area (TPSA) is 56.7 Å². The summed E-state index contributed by atoms with van der Waals surface area (Å²) in [4.78, 5) is 4.85. The summed E-state index contributed by atoms with van der Waals surface area (Å²) in [6, 6.07) is 29.0. The van der Waals surface area contributed by atoms with E-state index in [2.05, 4.69) is 69.4 Å². The van der Waals surface area contributed by atoms with Crippen molar-refractivity contribution in [2.24, 2.45) is 0 Å². The number of imidazole rings is 1. The van der Waals surface area contributed by atoms with Gasteiger partial charge in [-0.25, -0.2) is 4.98 Å². The molecule has 0 unspecified atom stereocenters. The standard InChI is InChI=1S/C25H22N4OS/c1-3-9-19(10-4-1)15-16-29-22-14-8-7-13-21(22)26-25(29)31-18-24-28-27-23(30-24)17-20-11-5-2-6-12-20/h1-14H,15-18H2. The summed E-state index contributed by atoms with van der Waals surface area (Å²) in [5, 5.41) is 9.41. The number of hydrogen-bond acceptors (Lipinski definition) is 5. The molecule has 5 rings (SSSR count). The summed E-state index contributed by atoms with van der Waals surface area (Å²) in [5.41, 5.74) is 4.64. The highest BCUT2D eigenvalue weighted by Gasteiger charge is 2.14. The van der Waals surface area contributed by atoms with Gasteiger partial charge in [0, 0.05) is 6.54 Å². The zero-order valence-electron chi connectivity index (χ0n) is 17.0. The normalized spacial score (nSPS) is 11.2. The van der Waals surface area contributed by atoms with E-state index in [9.17, 15) is 0 Å². The van der Waals surface area contributed by atoms with Crippen molar-refractivity contribution in [3.63, 3.8) is 0 Å². The van der Waals surface area contributed by atoms with Crippen LogP contribution >= 0.6 is 11.8 Å². The molecule has 2 heterocycles. The lowest BCUT2D eigenvalue weighted by Crippen LogP contribution is -2.03. The van der Waals surface area contributed by atoms with Crippen LogP contribution in [0.2, 0.25) is 0 Å². The highest BCUT2D eigenvalue weighted by atomic mass is 32.2. The monoisotopic (exact) mass is 426 g/mol. The van der Waals surface area contributed by atoms with Crippen LogP contribution in [0.1, 0.15) is 22.9 Å². The van der Waals surface area contributed by atoms with E-state index in [0.29, 0.717) is 24.0 Å². The Morgan fingerprint density at radius 2 is 1.42 bits per heavy atom. The van der Waals surface area contributed by atoms with E-state index in [-0.39, 0.29) is 0 Å². The molecular weight excluding hydrogens is 404 g/mol. The SMILES string of the molecule is c1ccc(CCn2c(SCc3nnc(Cc4ccccc4)o3)nc3ccccc32)cc1. The molecule has 0 fully saturated rings. The van der Waals surface area contributed by atoms with Gasteiger partial charge >= 0.3 is 0 Å². The Hall–Kier alpha value is -3.38. The highest BCUT2D eigenvalue weighted by molar-refractivity contribution is 7.98. The van der Waals surface area contributed by atoms with Crippen LogP contribution in [0, 0.1) is 0 Å². The van der Waals surface area contributed by atoms with Crippen LogP contribution in [0.4, 0.5) is 0 Å². The van der Waals surface area contributed by atoms with Crippen molar-refractivity contribution in [2.45, 2.75) is 30.3 Å². The summed E-state index contributed by atoms with van der Waals surface area (Å²) >= 11 is 1.64. The molecule has 31 heavy (non-hydrogen) atoms. The number of benzene rings is 3. The smallest absolute Gasteiger partial charge is 0.226 e. The van der Waals surface area contributed by atoms with Gasteiger partial charge in [0.1, 0.15) is 0 Å². The van der Waals surface area contributed by atoms with Crippen LogP contribution < -0.4 is 0 Å². The molecule has 5 nitrogen and oxygen atoms in total. The van der Waals surface area contributed by atoms with Gasteiger partial charge in [-0.3, -0.25) is 0 Å². The molecule has 0 bridgehead atoms. The zero-order valence-corrected chi connectivity index (χ0v) is 17.8. The van der Waals surface area contributed by atoms with Crippen LogP contribution in [-0.2, 0) is 25.1 Å². The van der Waals surface area contributed by atoms with Crippen molar-refractivity contribution >= 4 is 22.8 Å². The zero-order chi connectivity index (χ0) is 20.9. The average Bonchev–Trinajstić information content (AvgIpc) is 3.41. The molecule has 0 aliphatic heterocycles. The Labute approximate surface area is 185 Å². The van der Waals surface area contributed by atoms with Crippen LogP contribution in [0.5, 0.6) is 0 Å². The maximum atomic E-state index is 5.87. The highest BCUT2D eigenvalue weighted by Crippen LogP contribution is 2.27. The van der Waals surface area contributed by atoms with Crippen molar-refractivity contribution in [3.8, 4) is 0 Å². The molecule has 0 saturated carbocycles. The quantitative estimate of drug-likeness (QED) is 0.305. The second-order valence-corrected chi connectivity index (χ2v) is 8.25. The lowest BCUT2D eigenvalue weighted by Gasteiger charge is -2.08. The minimum Gasteiger partial charge on any atom is -0.424 e. The predicted octanol–water partition coefficient (Wildman–Crippen LogP) is 5.55.